The van der Waals surface area contributed by atoms with Crippen LogP contribution in [-0.4, -0.2) is 0 Å². The largest absolute Gasteiger partial charge is 0.375 e. The first-order valence-electron chi connectivity index (χ1n) is 5.93. The van der Waals surface area contributed by atoms with Gasteiger partial charge in [0.2, 0.25) is 0 Å². The molecular weight excluding hydrogens is 332 g/mol. The van der Waals surface area contributed by atoms with Gasteiger partial charge in [0, 0.05) is 10.9 Å². The third kappa shape index (κ3) is 3.34. The van der Waals surface area contributed by atoms with Crippen molar-refractivity contribution in [2.75, 3.05) is 5.32 Å². The highest BCUT2D eigenvalue weighted by molar-refractivity contribution is 9.10. The lowest BCUT2D eigenvalue weighted by Crippen LogP contribution is -2.16. The van der Waals surface area contributed by atoms with Crippen molar-refractivity contribution in [1.82, 2.24) is 0 Å². The Morgan fingerprint density at radius 3 is 2.53 bits per heavy atom. The summed E-state index contributed by atoms with van der Waals surface area (Å²) >= 11 is 4.70. The summed E-state index contributed by atoms with van der Waals surface area (Å²) in [6.45, 7) is 4.13. The Morgan fingerprint density at radius 2 is 1.95 bits per heavy atom. The van der Waals surface area contributed by atoms with Crippen LogP contribution in [0.1, 0.15) is 24.8 Å². The van der Waals surface area contributed by atoms with Crippen LogP contribution in [0.15, 0.2) is 34.1 Å². The first kappa shape index (κ1) is 14.5. The topological polar surface area (TPSA) is 12.0 Å². The summed E-state index contributed by atoms with van der Waals surface area (Å²) in [5.74, 6) is -0.884. The summed E-state index contributed by atoms with van der Waals surface area (Å²) in [6, 6.07) is 6.31. The molecule has 1 unspecified atom stereocenters. The van der Waals surface area contributed by atoms with E-state index in [1.807, 2.05) is 17.5 Å². The molecule has 0 fully saturated rings. The van der Waals surface area contributed by atoms with Gasteiger partial charge in [-0.15, -0.1) is 11.3 Å². The van der Waals surface area contributed by atoms with Crippen LogP contribution in [0.5, 0.6) is 0 Å². The van der Waals surface area contributed by atoms with Crippen molar-refractivity contribution in [3.8, 4) is 0 Å². The molecule has 0 bridgehead atoms. The van der Waals surface area contributed by atoms with E-state index in [0.717, 1.165) is 10.9 Å². The molecule has 2 aromatic rings. The third-order valence-corrected chi connectivity index (χ3v) is 4.40. The molecule has 0 saturated heterocycles. The fourth-order valence-electron chi connectivity index (χ4n) is 1.84. The summed E-state index contributed by atoms with van der Waals surface area (Å²) in [4.78, 5) is 1.13. The van der Waals surface area contributed by atoms with Gasteiger partial charge in [0.1, 0.15) is 11.6 Å². The van der Waals surface area contributed by atoms with Crippen LogP contribution in [0, 0.1) is 17.6 Å². The van der Waals surface area contributed by atoms with Crippen LogP contribution in [0.4, 0.5) is 14.5 Å². The molecule has 2 rings (SSSR count). The summed E-state index contributed by atoms with van der Waals surface area (Å²) in [7, 11) is 0. The standard InChI is InChI=1S/C14H14BrF2NS/c1-8(2)14(13-4-3-5-19-13)18-12-6-9(15)10(16)7-11(12)17/h3-8,14,18H,1-2H3. The predicted octanol–water partition coefficient (Wildman–Crippen LogP) is 5.60. The molecule has 1 N–H and O–H groups in total. The van der Waals surface area contributed by atoms with Crippen LogP contribution in [0.2, 0.25) is 0 Å². The monoisotopic (exact) mass is 345 g/mol. The summed E-state index contributed by atoms with van der Waals surface area (Å²) in [5.41, 5.74) is 0.306. The normalized spacial score (nSPS) is 12.7. The van der Waals surface area contributed by atoms with Gasteiger partial charge in [-0.05, 0) is 39.4 Å². The number of hydrogen-bond acceptors (Lipinski definition) is 2. The van der Waals surface area contributed by atoms with E-state index < -0.39 is 11.6 Å². The van der Waals surface area contributed by atoms with Gasteiger partial charge in [0.15, 0.2) is 0 Å². The Morgan fingerprint density at radius 1 is 1.21 bits per heavy atom. The highest BCUT2D eigenvalue weighted by atomic mass is 79.9. The second-order valence-electron chi connectivity index (χ2n) is 4.63. The number of hydrogen-bond donors (Lipinski definition) is 1. The number of rotatable bonds is 4. The zero-order valence-electron chi connectivity index (χ0n) is 10.6. The van der Waals surface area contributed by atoms with E-state index in [9.17, 15) is 8.78 Å². The summed E-state index contributed by atoms with van der Waals surface area (Å²) in [5, 5.41) is 5.15. The predicted molar refractivity (Wildman–Crippen MR) is 79.6 cm³/mol. The molecule has 1 atom stereocenters. The lowest BCUT2D eigenvalue weighted by molar-refractivity contribution is 0.542. The minimum atomic E-state index is -0.597. The number of benzene rings is 1. The van der Waals surface area contributed by atoms with Crippen molar-refractivity contribution in [2.24, 2.45) is 5.92 Å². The van der Waals surface area contributed by atoms with E-state index in [1.54, 1.807) is 11.3 Å². The van der Waals surface area contributed by atoms with E-state index in [1.165, 1.54) is 6.07 Å². The Labute approximate surface area is 123 Å². The van der Waals surface area contributed by atoms with Gasteiger partial charge in [0.05, 0.1) is 16.2 Å². The number of halogens is 3. The first-order valence-corrected chi connectivity index (χ1v) is 7.60. The molecule has 19 heavy (non-hydrogen) atoms. The maximum Gasteiger partial charge on any atom is 0.149 e. The van der Waals surface area contributed by atoms with Crippen molar-refractivity contribution in [2.45, 2.75) is 19.9 Å². The fourth-order valence-corrected chi connectivity index (χ4v) is 3.13. The zero-order valence-corrected chi connectivity index (χ0v) is 13.0. The molecule has 102 valence electrons. The lowest BCUT2D eigenvalue weighted by atomic mass is 10.0. The zero-order chi connectivity index (χ0) is 14.0. The molecule has 0 aliphatic heterocycles. The SMILES string of the molecule is CC(C)C(Nc1cc(Br)c(F)cc1F)c1cccs1. The average Bonchev–Trinajstić information content (AvgIpc) is 2.85. The maximum atomic E-state index is 13.8. The second-order valence-corrected chi connectivity index (χ2v) is 6.46. The molecule has 0 saturated carbocycles. The van der Waals surface area contributed by atoms with Gasteiger partial charge >= 0.3 is 0 Å². The molecule has 0 spiro atoms. The van der Waals surface area contributed by atoms with Crippen LogP contribution >= 0.6 is 27.3 Å². The van der Waals surface area contributed by atoms with Gasteiger partial charge in [-0.3, -0.25) is 0 Å². The van der Waals surface area contributed by atoms with Crippen molar-refractivity contribution in [3.05, 3.63) is 50.6 Å². The molecule has 5 heteroatoms. The molecule has 0 aliphatic carbocycles. The minimum Gasteiger partial charge on any atom is -0.375 e. The molecule has 0 radical (unpaired) electrons. The van der Waals surface area contributed by atoms with E-state index in [4.69, 9.17) is 0 Å². The molecular formula is C14H14BrF2NS. The first-order chi connectivity index (χ1) is 8.99. The Bertz CT molecular complexity index is 555. The molecule has 1 nitrogen and oxygen atoms in total. The summed E-state index contributed by atoms with van der Waals surface area (Å²) in [6.07, 6.45) is 0. The van der Waals surface area contributed by atoms with Crippen LogP contribution < -0.4 is 5.32 Å². The van der Waals surface area contributed by atoms with Crippen molar-refractivity contribution < 1.29 is 8.78 Å². The highest BCUT2D eigenvalue weighted by Crippen LogP contribution is 2.32. The third-order valence-electron chi connectivity index (χ3n) is 2.84. The minimum absolute atomic E-state index is 0.00635. The average molecular weight is 346 g/mol. The van der Waals surface area contributed by atoms with Gasteiger partial charge < -0.3 is 5.32 Å². The van der Waals surface area contributed by atoms with Gasteiger partial charge in [-0.25, -0.2) is 8.78 Å². The van der Waals surface area contributed by atoms with Crippen LogP contribution in [-0.2, 0) is 0 Å². The van der Waals surface area contributed by atoms with Crippen molar-refractivity contribution in [3.63, 3.8) is 0 Å². The van der Waals surface area contributed by atoms with Gasteiger partial charge in [0.25, 0.3) is 0 Å². The van der Waals surface area contributed by atoms with Crippen LogP contribution in [0.25, 0.3) is 0 Å². The fraction of sp³-hybridized carbons (Fsp3) is 0.286. The van der Waals surface area contributed by atoms with E-state index in [0.29, 0.717) is 11.6 Å². The molecule has 1 heterocycles. The Kier molecular flexibility index (Phi) is 4.58. The van der Waals surface area contributed by atoms with Crippen molar-refractivity contribution >= 4 is 33.0 Å². The second kappa shape index (κ2) is 6.01. The number of thiophene rings is 1. The number of nitrogens with one attached hydrogen (secondary N) is 1. The quantitative estimate of drug-likeness (QED) is 0.711. The Balaban J connectivity index is 2.30. The molecule has 0 amide bonds. The Hall–Kier alpha value is -0.940. The maximum absolute atomic E-state index is 13.8. The highest BCUT2D eigenvalue weighted by Gasteiger charge is 2.19. The molecule has 0 aliphatic rings. The van der Waals surface area contributed by atoms with Crippen LogP contribution in [0.3, 0.4) is 0 Å². The van der Waals surface area contributed by atoms with Crippen molar-refractivity contribution in [1.29, 1.82) is 0 Å². The lowest BCUT2D eigenvalue weighted by Gasteiger charge is -2.23. The molecule has 1 aromatic carbocycles. The smallest absolute Gasteiger partial charge is 0.149 e. The van der Waals surface area contributed by atoms with Gasteiger partial charge in [-0.1, -0.05) is 19.9 Å². The van der Waals surface area contributed by atoms with Gasteiger partial charge in [-0.2, -0.15) is 0 Å². The van der Waals surface area contributed by atoms with E-state index in [2.05, 4.69) is 35.1 Å². The van der Waals surface area contributed by atoms with E-state index >= 15 is 0 Å². The molecule has 1 aromatic heterocycles. The number of anilines is 1. The van der Waals surface area contributed by atoms with E-state index in [-0.39, 0.29) is 10.5 Å². The summed E-state index contributed by atoms with van der Waals surface area (Å²) < 4.78 is 27.2.